The molecule has 0 saturated heterocycles. The van der Waals surface area contributed by atoms with Gasteiger partial charge in [0.15, 0.2) is 3.92 Å². The van der Waals surface area contributed by atoms with Crippen LogP contribution in [-0.2, 0) is 6.42 Å². The Balaban J connectivity index is 2.48. The molecular weight excluding hydrogens is 274 g/mol. The van der Waals surface area contributed by atoms with E-state index in [0.29, 0.717) is 0 Å². The number of phenolic OH excluding ortho intramolecular Hbond substituents is 1. The number of aromatic nitrogens is 1. The van der Waals surface area contributed by atoms with Crippen molar-refractivity contribution in [2.45, 2.75) is 13.3 Å². The monoisotopic (exact) mass is 283 g/mol. The minimum Gasteiger partial charge on any atom is -0.508 e. The van der Waals surface area contributed by atoms with E-state index in [2.05, 4.69) is 27.8 Å². The van der Waals surface area contributed by atoms with Crippen LogP contribution in [0, 0.1) is 0 Å². The predicted octanol–water partition coefficient (Wildman–Crippen LogP) is 3.84. The SMILES string of the molecule is CCc1sc(Br)nc1-c1ccc(O)cc1. The number of benzene rings is 1. The molecule has 0 fully saturated rings. The van der Waals surface area contributed by atoms with Crippen LogP contribution in [0.5, 0.6) is 5.75 Å². The molecule has 15 heavy (non-hydrogen) atoms. The van der Waals surface area contributed by atoms with E-state index in [1.807, 2.05) is 12.1 Å². The van der Waals surface area contributed by atoms with Crippen LogP contribution in [0.15, 0.2) is 28.2 Å². The number of hydrogen-bond donors (Lipinski definition) is 1. The zero-order chi connectivity index (χ0) is 10.8. The third-order valence-corrected chi connectivity index (χ3v) is 3.78. The molecule has 2 nitrogen and oxygen atoms in total. The molecule has 0 radical (unpaired) electrons. The van der Waals surface area contributed by atoms with Gasteiger partial charge in [0.05, 0.1) is 5.69 Å². The molecule has 0 saturated carbocycles. The zero-order valence-electron chi connectivity index (χ0n) is 8.20. The van der Waals surface area contributed by atoms with E-state index in [9.17, 15) is 5.11 Å². The number of nitrogens with zero attached hydrogens (tertiary/aromatic N) is 1. The number of phenols is 1. The lowest BCUT2D eigenvalue weighted by molar-refractivity contribution is 0.475. The minimum absolute atomic E-state index is 0.283. The van der Waals surface area contributed by atoms with Gasteiger partial charge in [0.1, 0.15) is 5.75 Å². The largest absolute Gasteiger partial charge is 0.508 e. The van der Waals surface area contributed by atoms with Crippen molar-refractivity contribution in [1.82, 2.24) is 4.98 Å². The molecule has 2 rings (SSSR count). The normalized spacial score (nSPS) is 10.5. The van der Waals surface area contributed by atoms with Crippen molar-refractivity contribution in [3.63, 3.8) is 0 Å². The van der Waals surface area contributed by atoms with Crippen molar-refractivity contribution < 1.29 is 5.11 Å². The molecule has 0 aliphatic rings. The van der Waals surface area contributed by atoms with Crippen LogP contribution in [0.1, 0.15) is 11.8 Å². The molecule has 0 atom stereocenters. The van der Waals surface area contributed by atoms with Gasteiger partial charge in [0.2, 0.25) is 0 Å². The molecule has 0 unspecified atom stereocenters. The van der Waals surface area contributed by atoms with E-state index in [1.165, 1.54) is 4.88 Å². The lowest BCUT2D eigenvalue weighted by Gasteiger charge is -1.99. The first-order chi connectivity index (χ1) is 7.20. The van der Waals surface area contributed by atoms with Gasteiger partial charge in [-0.2, -0.15) is 0 Å². The molecule has 78 valence electrons. The molecule has 1 aromatic heterocycles. The molecule has 2 aromatic rings. The average molecular weight is 284 g/mol. The Labute approximate surface area is 101 Å². The van der Waals surface area contributed by atoms with E-state index < -0.39 is 0 Å². The van der Waals surface area contributed by atoms with Crippen molar-refractivity contribution in [2.75, 3.05) is 0 Å². The fourth-order valence-electron chi connectivity index (χ4n) is 1.41. The summed E-state index contributed by atoms with van der Waals surface area (Å²) in [5.74, 6) is 0.283. The van der Waals surface area contributed by atoms with Gasteiger partial charge in [0, 0.05) is 10.4 Å². The Morgan fingerprint density at radius 1 is 1.33 bits per heavy atom. The van der Waals surface area contributed by atoms with Crippen LogP contribution in [0.2, 0.25) is 0 Å². The lowest BCUT2D eigenvalue weighted by atomic mass is 10.1. The van der Waals surface area contributed by atoms with Crippen LogP contribution in [0.4, 0.5) is 0 Å². The lowest BCUT2D eigenvalue weighted by Crippen LogP contribution is -1.82. The molecule has 1 aromatic carbocycles. The third kappa shape index (κ3) is 2.21. The predicted molar refractivity (Wildman–Crippen MR) is 66.3 cm³/mol. The van der Waals surface area contributed by atoms with Gasteiger partial charge in [-0.3, -0.25) is 0 Å². The highest BCUT2D eigenvalue weighted by atomic mass is 79.9. The van der Waals surface area contributed by atoms with Gasteiger partial charge < -0.3 is 5.11 Å². The Bertz CT molecular complexity index is 464. The summed E-state index contributed by atoms with van der Waals surface area (Å²) in [5.41, 5.74) is 2.06. The fraction of sp³-hybridized carbons (Fsp3) is 0.182. The molecule has 0 aliphatic heterocycles. The van der Waals surface area contributed by atoms with Gasteiger partial charge in [-0.1, -0.05) is 6.92 Å². The molecule has 1 heterocycles. The second kappa shape index (κ2) is 4.33. The number of aromatic hydroxyl groups is 1. The quantitative estimate of drug-likeness (QED) is 0.908. The Morgan fingerprint density at radius 2 is 2.00 bits per heavy atom. The maximum atomic E-state index is 9.21. The first-order valence-electron chi connectivity index (χ1n) is 4.65. The molecular formula is C11H10BrNOS. The van der Waals surface area contributed by atoms with Gasteiger partial charge in [0.25, 0.3) is 0 Å². The Morgan fingerprint density at radius 3 is 2.60 bits per heavy atom. The number of aryl methyl sites for hydroxylation is 1. The molecule has 0 amide bonds. The smallest absolute Gasteiger partial charge is 0.160 e. The Hall–Kier alpha value is -0.870. The molecule has 1 N–H and O–H groups in total. The van der Waals surface area contributed by atoms with Crippen LogP contribution >= 0.6 is 27.3 Å². The maximum Gasteiger partial charge on any atom is 0.160 e. The summed E-state index contributed by atoms with van der Waals surface area (Å²) in [7, 11) is 0. The van der Waals surface area contributed by atoms with E-state index in [1.54, 1.807) is 23.5 Å². The summed E-state index contributed by atoms with van der Waals surface area (Å²) in [5, 5.41) is 9.21. The highest BCUT2D eigenvalue weighted by Gasteiger charge is 2.09. The molecule has 0 aliphatic carbocycles. The summed E-state index contributed by atoms with van der Waals surface area (Å²) in [4.78, 5) is 5.69. The van der Waals surface area contributed by atoms with Crippen molar-refractivity contribution in [3.05, 3.63) is 33.1 Å². The van der Waals surface area contributed by atoms with Crippen molar-refractivity contribution in [2.24, 2.45) is 0 Å². The van der Waals surface area contributed by atoms with E-state index in [-0.39, 0.29) is 5.75 Å². The summed E-state index contributed by atoms with van der Waals surface area (Å²) < 4.78 is 0.905. The number of thiazole rings is 1. The number of rotatable bonds is 2. The average Bonchev–Trinajstić information content (AvgIpc) is 2.61. The highest BCUT2D eigenvalue weighted by molar-refractivity contribution is 9.11. The first-order valence-corrected chi connectivity index (χ1v) is 6.26. The van der Waals surface area contributed by atoms with E-state index >= 15 is 0 Å². The van der Waals surface area contributed by atoms with Crippen LogP contribution in [0.3, 0.4) is 0 Å². The van der Waals surface area contributed by atoms with Crippen LogP contribution in [-0.4, -0.2) is 10.1 Å². The highest BCUT2D eigenvalue weighted by Crippen LogP contribution is 2.31. The third-order valence-electron chi connectivity index (χ3n) is 2.13. The van der Waals surface area contributed by atoms with Gasteiger partial charge in [-0.15, -0.1) is 11.3 Å². The number of halogens is 1. The topological polar surface area (TPSA) is 33.1 Å². The zero-order valence-corrected chi connectivity index (χ0v) is 10.6. The standard InChI is InChI=1S/C11H10BrNOS/c1-2-9-10(13-11(12)15-9)7-3-5-8(14)6-4-7/h3-6,14H,2H2,1H3. The van der Waals surface area contributed by atoms with Gasteiger partial charge in [-0.25, -0.2) is 4.98 Å². The second-order valence-electron chi connectivity index (χ2n) is 3.14. The van der Waals surface area contributed by atoms with Crippen molar-refractivity contribution in [1.29, 1.82) is 0 Å². The summed E-state index contributed by atoms with van der Waals surface area (Å²) in [6.45, 7) is 2.11. The van der Waals surface area contributed by atoms with Gasteiger partial charge in [-0.05, 0) is 46.6 Å². The van der Waals surface area contributed by atoms with Crippen molar-refractivity contribution in [3.8, 4) is 17.0 Å². The second-order valence-corrected chi connectivity index (χ2v) is 5.50. The van der Waals surface area contributed by atoms with Crippen LogP contribution in [0.25, 0.3) is 11.3 Å². The van der Waals surface area contributed by atoms with E-state index in [0.717, 1.165) is 21.6 Å². The summed E-state index contributed by atoms with van der Waals surface area (Å²) in [6.07, 6.45) is 0.972. The first kappa shape index (κ1) is 10.6. The molecule has 0 bridgehead atoms. The van der Waals surface area contributed by atoms with Crippen LogP contribution < -0.4 is 0 Å². The molecule has 4 heteroatoms. The number of hydrogen-bond acceptors (Lipinski definition) is 3. The van der Waals surface area contributed by atoms with E-state index in [4.69, 9.17) is 0 Å². The maximum absolute atomic E-state index is 9.21. The minimum atomic E-state index is 0.283. The summed E-state index contributed by atoms with van der Waals surface area (Å²) >= 11 is 5.05. The van der Waals surface area contributed by atoms with Crippen molar-refractivity contribution >= 4 is 27.3 Å². The fourth-order valence-corrected chi connectivity index (χ4v) is 2.92. The summed E-state index contributed by atoms with van der Waals surface area (Å²) in [6, 6.07) is 7.13. The van der Waals surface area contributed by atoms with Gasteiger partial charge >= 0.3 is 0 Å². The Kier molecular flexibility index (Phi) is 3.07. The molecule has 0 spiro atoms.